The molecule has 0 radical (unpaired) electrons. The van der Waals surface area contributed by atoms with Crippen LogP contribution in [-0.2, 0) is 0 Å². The lowest BCUT2D eigenvalue weighted by Crippen LogP contribution is -2.53. The topological polar surface area (TPSA) is 48.1 Å². The summed E-state index contributed by atoms with van der Waals surface area (Å²) in [6, 6.07) is 0. The van der Waals surface area contributed by atoms with Gasteiger partial charge in [-0.1, -0.05) is 38.4 Å². The van der Waals surface area contributed by atoms with Gasteiger partial charge < -0.3 is 0 Å². The maximum absolute atomic E-state index is 8.24. The number of rotatable bonds is 0. The number of hydrogen-bond acceptors (Lipinski definition) is 6. The summed E-state index contributed by atoms with van der Waals surface area (Å²) in [6.07, 6.45) is 8.44. The minimum Gasteiger partial charge on any atom is -0.240 e. The van der Waals surface area contributed by atoms with Crippen molar-refractivity contribution in [2.75, 3.05) is 0 Å². The molecule has 3 saturated carbocycles. The molecule has 0 bridgehead atoms. The molecule has 4 spiro atoms. The molecule has 5 rings (SSSR count). The van der Waals surface area contributed by atoms with E-state index >= 15 is 0 Å². The van der Waals surface area contributed by atoms with Gasteiger partial charge in [-0.2, -0.15) is 0 Å². The first-order valence-corrected chi connectivity index (χ1v) is 11.2. The summed E-state index contributed by atoms with van der Waals surface area (Å²) < 4.78 is 33.0. The lowest BCUT2D eigenvalue weighted by molar-refractivity contribution is 0.222. The summed E-state index contributed by atoms with van der Waals surface area (Å²) in [7, 11) is 0. The van der Waals surface area contributed by atoms with Crippen LogP contribution in [0.5, 0.6) is 0 Å². The Morgan fingerprint density at radius 3 is 1.42 bits per heavy atom. The van der Waals surface area contributed by atoms with E-state index in [-0.39, 0.29) is 21.0 Å². The van der Waals surface area contributed by atoms with Crippen LogP contribution in [0, 0.1) is 0 Å². The van der Waals surface area contributed by atoms with E-state index < -0.39 is 17.6 Å². The van der Waals surface area contributed by atoms with Crippen molar-refractivity contribution in [3.8, 4) is 0 Å². The molecule has 0 aromatic rings. The monoisotopic (exact) mass is 372 g/mol. The van der Waals surface area contributed by atoms with Crippen molar-refractivity contribution in [3.05, 3.63) is 0 Å². The Hall–Kier alpha value is 0.540. The Balaban J connectivity index is 1.26. The van der Waals surface area contributed by atoms with Crippen molar-refractivity contribution < 1.29 is 5.48 Å². The summed E-state index contributed by atoms with van der Waals surface area (Å²) in [5.74, 6) is 0. The Morgan fingerprint density at radius 2 is 0.917 bits per heavy atom. The summed E-state index contributed by atoms with van der Waals surface area (Å²) in [6.45, 7) is 0. The molecule has 4 N–H and O–H groups in total. The molecule has 4 nitrogen and oxygen atoms in total. The van der Waals surface area contributed by atoms with E-state index in [2.05, 4.69) is 33.5 Å². The van der Waals surface area contributed by atoms with Crippen LogP contribution in [0.4, 0.5) is 0 Å². The Kier molecular flexibility index (Phi) is 3.23. The van der Waals surface area contributed by atoms with Crippen LogP contribution in [-0.4, -0.2) is 19.5 Å². The van der Waals surface area contributed by atoms with Gasteiger partial charge in [0.1, 0.15) is 0 Å². The summed E-state index contributed by atoms with van der Waals surface area (Å²) >= 11 is 3.90. The lowest BCUT2D eigenvalue weighted by Gasteiger charge is -2.43. The average Bonchev–Trinajstić information content (AvgIpc) is 3.09. The number of thioether (sulfide) groups is 2. The molecule has 2 saturated heterocycles. The first-order chi connectivity index (χ1) is 13.1. The normalized spacial score (nSPS) is 42.7. The Morgan fingerprint density at radius 1 is 0.500 bits per heavy atom. The molecule has 3 aliphatic carbocycles. The van der Waals surface area contributed by atoms with Gasteiger partial charge in [-0.3, -0.25) is 0 Å². The van der Waals surface area contributed by atoms with E-state index in [0.717, 1.165) is 25.7 Å². The molecule has 136 valence electrons. The maximum Gasteiger partial charge on any atom is 0.0795 e. The second-order valence-electron chi connectivity index (χ2n) is 8.27. The molecule has 0 unspecified atom stereocenters. The van der Waals surface area contributed by atoms with Crippen molar-refractivity contribution in [2.24, 2.45) is 0 Å². The van der Waals surface area contributed by atoms with Gasteiger partial charge in [0.2, 0.25) is 0 Å². The predicted molar refractivity (Wildman–Crippen MR) is 103 cm³/mol. The zero-order valence-electron chi connectivity index (χ0n) is 18.3. The number of hydrogen-bond donors (Lipinski definition) is 4. The highest BCUT2D eigenvalue weighted by atomic mass is 32.2. The van der Waals surface area contributed by atoms with Gasteiger partial charge in [0.25, 0.3) is 0 Å². The first-order valence-electron chi connectivity index (χ1n) is 11.6. The third-order valence-corrected chi connectivity index (χ3v) is 9.90. The van der Waals surface area contributed by atoms with Gasteiger partial charge in [0, 0.05) is 5.48 Å². The third-order valence-electron chi connectivity index (χ3n) is 6.42. The lowest BCUT2D eigenvalue weighted by atomic mass is 9.90. The highest BCUT2D eigenvalue weighted by Crippen LogP contribution is 2.58. The van der Waals surface area contributed by atoms with Crippen LogP contribution in [0.25, 0.3) is 0 Å². The standard InChI is InChI=1S/C18H32N4S2/c1-3-7-15(8-4-1)19-21-17(23-15)11-13-18(14-12-17)22-20-16(24-18)9-5-2-6-10-16/h19-22H,1-14H2/i3D2,4D2. The van der Waals surface area contributed by atoms with Crippen molar-refractivity contribution >= 4 is 23.5 Å². The van der Waals surface area contributed by atoms with Crippen LogP contribution < -0.4 is 21.7 Å². The van der Waals surface area contributed by atoms with Crippen molar-refractivity contribution in [3.63, 3.8) is 0 Å². The summed E-state index contributed by atoms with van der Waals surface area (Å²) in [5.41, 5.74) is 14.2. The molecule has 2 heterocycles. The molecule has 0 atom stereocenters. The van der Waals surface area contributed by atoms with E-state index in [1.165, 1.54) is 32.1 Å². The molecule has 5 fully saturated rings. The maximum atomic E-state index is 8.24. The molecular weight excluding hydrogens is 336 g/mol. The smallest absolute Gasteiger partial charge is 0.0795 e. The van der Waals surface area contributed by atoms with Gasteiger partial charge in [0.15, 0.2) is 0 Å². The van der Waals surface area contributed by atoms with Crippen LogP contribution >= 0.6 is 23.5 Å². The number of nitrogens with one attached hydrogen (secondary N) is 4. The van der Waals surface area contributed by atoms with Crippen LogP contribution in [0.3, 0.4) is 0 Å². The SMILES string of the molecule is [2H]C1([2H])CC([2H])([2H])CC2(C1)NNC1(CCC3(CC1)NNC1(CCCCC1)S3)S2. The quantitative estimate of drug-likeness (QED) is 0.516. The Bertz CT molecular complexity index is 617. The van der Waals surface area contributed by atoms with Crippen molar-refractivity contribution in [1.82, 2.24) is 21.7 Å². The molecule has 0 aromatic carbocycles. The number of hydrazine groups is 2. The minimum absolute atomic E-state index is 0.00554. The van der Waals surface area contributed by atoms with E-state index in [0.29, 0.717) is 12.8 Å². The van der Waals surface area contributed by atoms with Gasteiger partial charge in [-0.25, -0.2) is 21.7 Å². The van der Waals surface area contributed by atoms with Crippen LogP contribution in [0.2, 0.25) is 0 Å². The fraction of sp³-hybridized carbons (Fsp3) is 1.00. The largest absolute Gasteiger partial charge is 0.240 e. The second-order valence-corrected chi connectivity index (χ2v) is 11.8. The van der Waals surface area contributed by atoms with Gasteiger partial charge >= 0.3 is 0 Å². The molecule has 5 aliphatic rings. The molecule has 2 aliphatic heterocycles. The van der Waals surface area contributed by atoms with Crippen molar-refractivity contribution in [1.29, 1.82) is 0 Å². The highest BCUT2D eigenvalue weighted by Gasteiger charge is 2.56. The van der Waals surface area contributed by atoms with Crippen LogP contribution in [0.15, 0.2) is 0 Å². The van der Waals surface area contributed by atoms with Crippen LogP contribution in [0.1, 0.15) is 95.3 Å². The van der Waals surface area contributed by atoms with E-state index in [1.54, 1.807) is 11.8 Å². The fourth-order valence-corrected chi connectivity index (χ4v) is 8.57. The van der Waals surface area contributed by atoms with Gasteiger partial charge in [-0.05, 0) is 51.4 Å². The predicted octanol–water partition coefficient (Wildman–Crippen LogP) is 3.96. The molecule has 24 heavy (non-hydrogen) atoms. The van der Waals surface area contributed by atoms with E-state index in [1.807, 2.05) is 0 Å². The fourth-order valence-electron chi connectivity index (χ4n) is 5.01. The minimum atomic E-state index is -1.47. The summed E-state index contributed by atoms with van der Waals surface area (Å²) in [5, 5.41) is 0. The zero-order valence-corrected chi connectivity index (χ0v) is 15.9. The molecule has 6 heteroatoms. The van der Waals surface area contributed by atoms with Gasteiger partial charge in [-0.15, -0.1) is 23.5 Å². The van der Waals surface area contributed by atoms with Gasteiger partial charge in [0.05, 0.1) is 19.5 Å². The highest BCUT2D eigenvalue weighted by molar-refractivity contribution is 8.02. The Labute approximate surface area is 160 Å². The molecule has 0 aromatic heterocycles. The average molecular weight is 373 g/mol. The second kappa shape index (κ2) is 6.03. The molecule has 0 amide bonds. The van der Waals surface area contributed by atoms with E-state index in [9.17, 15) is 0 Å². The summed E-state index contributed by atoms with van der Waals surface area (Å²) in [4.78, 5) is -0.335. The van der Waals surface area contributed by atoms with Crippen molar-refractivity contribution in [2.45, 2.75) is 109 Å². The molecular formula is C18H32N4S2. The first kappa shape index (κ1) is 12.8. The third kappa shape index (κ3) is 2.85. The zero-order chi connectivity index (χ0) is 19.7. The van der Waals surface area contributed by atoms with E-state index in [4.69, 9.17) is 5.48 Å².